The molecule has 0 unspecified atom stereocenters. The maximum absolute atomic E-state index is 11.4. The lowest BCUT2D eigenvalue weighted by Gasteiger charge is -2.50. The van der Waals surface area contributed by atoms with Gasteiger partial charge in [0.25, 0.3) is 0 Å². The van der Waals surface area contributed by atoms with Gasteiger partial charge in [-0.25, -0.2) is 0 Å². The minimum Gasteiger partial charge on any atom is -0.406 e. The van der Waals surface area contributed by atoms with E-state index in [0.717, 1.165) is 5.56 Å². The van der Waals surface area contributed by atoms with Gasteiger partial charge in [0.15, 0.2) is 29.0 Å². The van der Waals surface area contributed by atoms with Crippen LogP contribution in [0, 0.1) is 10.1 Å². The first-order chi connectivity index (χ1) is 15.9. The van der Waals surface area contributed by atoms with Crippen molar-refractivity contribution < 1.29 is 28.4 Å². The third kappa shape index (κ3) is 7.67. The number of aliphatic hydroxyl groups excluding tert-OH is 1. The molecule has 0 amide bonds. The Balaban J connectivity index is 2.49. The van der Waals surface area contributed by atoms with Crippen molar-refractivity contribution in [1.29, 1.82) is 0 Å². The molecule has 5 atom stereocenters. The summed E-state index contributed by atoms with van der Waals surface area (Å²) in [5, 5.41) is 22.4. The summed E-state index contributed by atoms with van der Waals surface area (Å²) in [7, 11) is -4.72. The molecule has 1 aromatic rings. The van der Waals surface area contributed by atoms with Crippen molar-refractivity contribution in [3.63, 3.8) is 0 Å². The summed E-state index contributed by atoms with van der Waals surface area (Å²) < 4.78 is 25.9. The smallest absolute Gasteiger partial charge is 0.232 e. The van der Waals surface area contributed by atoms with Gasteiger partial charge >= 0.3 is 0 Å². The Hall–Kier alpha value is -1.15. The average molecular weight is 528 g/mol. The van der Waals surface area contributed by atoms with Crippen molar-refractivity contribution in [2.75, 3.05) is 6.54 Å². The topological polar surface area (TPSA) is 100 Å². The molecule has 0 radical (unpaired) electrons. The third-order valence-electron chi connectivity index (χ3n) is 7.69. The summed E-state index contributed by atoms with van der Waals surface area (Å²) in [4.78, 5) is 10.9. The standard InChI is InChI=1S/C25H45NO7Si2/c1-24(2,3)34(7,8)32-22-21(30-17-18-14-12-11-13-15-18)20(27)19(16-26(28)29)31-23(22)33-35(9,10)25(4,5)6/h11-15,19-23,27H,16-17H2,1-10H3/t19-,20-,21+,22-,23+/m1/s1. The van der Waals surface area contributed by atoms with Gasteiger partial charge in [0.2, 0.25) is 6.54 Å². The van der Waals surface area contributed by atoms with E-state index in [4.69, 9.17) is 18.3 Å². The summed E-state index contributed by atoms with van der Waals surface area (Å²) in [5.41, 5.74) is 0.935. The second kappa shape index (κ2) is 11.1. The minimum absolute atomic E-state index is 0.110. The molecule has 1 heterocycles. The van der Waals surface area contributed by atoms with Crippen molar-refractivity contribution >= 4 is 16.6 Å². The number of benzene rings is 1. The molecule has 0 saturated carbocycles. The zero-order chi connectivity index (χ0) is 26.8. The number of rotatable bonds is 9. The fourth-order valence-corrected chi connectivity index (χ4v) is 5.75. The Labute approximate surface area is 212 Å². The summed E-state index contributed by atoms with van der Waals surface area (Å²) >= 11 is 0. The van der Waals surface area contributed by atoms with E-state index in [-0.39, 0.29) is 16.7 Å². The highest BCUT2D eigenvalue weighted by atomic mass is 28.4. The van der Waals surface area contributed by atoms with Crippen LogP contribution in [0.5, 0.6) is 0 Å². The first-order valence-electron chi connectivity index (χ1n) is 12.3. The van der Waals surface area contributed by atoms with Gasteiger partial charge in [0, 0.05) is 4.92 Å². The van der Waals surface area contributed by atoms with Gasteiger partial charge in [-0.1, -0.05) is 71.9 Å². The van der Waals surface area contributed by atoms with Crippen LogP contribution in [0.1, 0.15) is 47.1 Å². The van der Waals surface area contributed by atoms with Crippen molar-refractivity contribution in [3.8, 4) is 0 Å². The highest BCUT2D eigenvalue weighted by molar-refractivity contribution is 6.74. The van der Waals surface area contributed by atoms with Crippen molar-refractivity contribution in [2.45, 2.75) is 115 Å². The molecule has 0 bridgehead atoms. The number of aliphatic hydroxyl groups is 1. The molecule has 35 heavy (non-hydrogen) atoms. The predicted molar refractivity (Wildman–Crippen MR) is 142 cm³/mol. The first kappa shape index (κ1) is 30.1. The van der Waals surface area contributed by atoms with Gasteiger partial charge in [-0.05, 0) is 41.8 Å². The van der Waals surface area contributed by atoms with Crippen LogP contribution in [0.4, 0.5) is 0 Å². The Morgan fingerprint density at radius 2 is 1.46 bits per heavy atom. The van der Waals surface area contributed by atoms with E-state index in [1.807, 2.05) is 30.3 Å². The zero-order valence-electron chi connectivity index (χ0n) is 23.0. The molecule has 0 spiro atoms. The van der Waals surface area contributed by atoms with Crippen LogP contribution in [0.15, 0.2) is 30.3 Å². The van der Waals surface area contributed by atoms with E-state index in [2.05, 4.69) is 67.7 Å². The number of nitro groups is 1. The molecule has 10 heteroatoms. The predicted octanol–water partition coefficient (Wildman–Crippen LogP) is 5.35. The first-order valence-corrected chi connectivity index (χ1v) is 18.1. The molecule has 1 saturated heterocycles. The van der Waals surface area contributed by atoms with Crippen LogP contribution in [0.25, 0.3) is 0 Å². The highest BCUT2D eigenvalue weighted by Crippen LogP contribution is 2.43. The zero-order valence-corrected chi connectivity index (χ0v) is 25.0. The van der Waals surface area contributed by atoms with Gasteiger partial charge in [-0.3, -0.25) is 10.1 Å². The van der Waals surface area contributed by atoms with E-state index in [0.29, 0.717) is 0 Å². The Bertz CT molecular complexity index is 836. The maximum atomic E-state index is 11.4. The molecule has 1 aromatic carbocycles. The molecular formula is C25H45NO7Si2. The monoisotopic (exact) mass is 527 g/mol. The largest absolute Gasteiger partial charge is 0.406 e. The quantitative estimate of drug-likeness (QED) is 0.263. The van der Waals surface area contributed by atoms with Crippen LogP contribution < -0.4 is 0 Å². The fourth-order valence-electron chi connectivity index (χ4n) is 3.35. The van der Waals surface area contributed by atoms with Crippen LogP contribution in [-0.2, 0) is 24.9 Å². The Morgan fingerprint density at radius 1 is 0.943 bits per heavy atom. The van der Waals surface area contributed by atoms with Crippen molar-refractivity contribution in [2.24, 2.45) is 0 Å². The van der Waals surface area contributed by atoms with Crippen LogP contribution in [-0.4, -0.2) is 63.9 Å². The lowest BCUT2D eigenvalue weighted by molar-refractivity contribution is -0.501. The molecule has 1 aliphatic heterocycles. The summed E-state index contributed by atoms with van der Waals surface area (Å²) in [6, 6.07) is 9.64. The summed E-state index contributed by atoms with van der Waals surface area (Å²) in [5.74, 6) is 0. The molecule has 2 rings (SSSR count). The maximum Gasteiger partial charge on any atom is 0.232 e. The molecule has 0 aliphatic carbocycles. The van der Waals surface area contributed by atoms with Gasteiger partial charge in [0.1, 0.15) is 18.3 Å². The molecule has 1 aliphatic rings. The number of hydrogen-bond donors (Lipinski definition) is 1. The fraction of sp³-hybridized carbons (Fsp3) is 0.760. The SMILES string of the molecule is CC(C)(C)[Si](C)(C)O[C@@H]1O[C@H](C[N+](=O)[O-])[C@@H](O)[C@H](OCc2ccccc2)[C@H]1O[Si](C)(C)C(C)(C)C. The average Bonchev–Trinajstić information content (AvgIpc) is 2.69. The van der Waals surface area contributed by atoms with E-state index in [1.54, 1.807) is 0 Å². The van der Waals surface area contributed by atoms with Crippen molar-refractivity contribution in [3.05, 3.63) is 46.0 Å². The van der Waals surface area contributed by atoms with E-state index >= 15 is 0 Å². The molecule has 0 aromatic heterocycles. The summed E-state index contributed by atoms with van der Waals surface area (Å²) in [6.07, 6.45) is -4.78. The van der Waals surface area contributed by atoms with E-state index in [1.165, 1.54) is 0 Å². The molecule has 200 valence electrons. The second-order valence-electron chi connectivity index (χ2n) is 12.5. The number of hydrogen-bond acceptors (Lipinski definition) is 7. The van der Waals surface area contributed by atoms with Gasteiger partial charge in [-0.15, -0.1) is 0 Å². The number of nitrogens with zero attached hydrogens (tertiary/aromatic N) is 1. The van der Waals surface area contributed by atoms with E-state index < -0.39 is 58.8 Å². The molecular weight excluding hydrogens is 482 g/mol. The van der Waals surface area contributed by atoms with E-state index in [9.17, 15) is 15.2 Å². The minimum atomic E-state index is -2.36. The van der Waals surface area contributed by atoms with Crippen LogP contribution in [0.3, 0.4) is 0 Å². The second-order valence-corrected chi connectivity index (χ2v) is 22.0. The number of ether oxygens (including phenoxy) is 2. The van der Waals surface area contributed by atoms with Gasteiger partial charge in [0.05, 0.1) is 6.61 Å². The van der Waals surface area contributed by atoms with Gasteiger partial charge in [-0.2, -0.15) is 0 Å². The Morgan fingerprint density at radius 3 is 1.94 bits per heavy atom. The molecule has 8 nitrogen and oxygen atoms in total. The van der Waals surface area contributed by atoms with Crippen LogP contribution >= 0.6 is 0 Å². The highest BCUT2D eigenvalue weighted by Gasteiger charge is 2.54. The Kier molecular flexibility index (Phi) is 9.52. The normalized spacial score (nSPS) is 26.5. The lowest BCUT2D eigenvalue weighted by Crippen LogP contribution is -2.65. The summed E-state index contributed by atoms with van der Waals surface area (Å²) in [6.45, 7) is 20.9. The molecule has 1 fully saturated rings. The van der Waals surface area contributed by atoms with Crippen molar-refractivity contribution in [1.82, 2.24) is 0 Å². The lowest BCUT2D eigenvalue weighted by atomic mass is 9.98. The third-order valence-corrected chi connectivity index (χ3v) is 16.6. The van der Waals surface area contributed by atoms with Crippen LogP contribution in [0.2, 0.25) is 36.3 Å². The van der Waals surface area contributed by atoms with Gasteiger partial charge < -0.3 is 23.4 Å². The molecule has 1 N–H and O–H groups in total.